The molecule has 0 saturated heterocycles. The van der Waals surface area contributed by atoms with Crippen LogP contribution in [0, 0.1) is 0 Å². The first kappa shape index (κ1) is 25.5. The molecule has 2 aromatic carbocycles. The van der Waals surface area contributed by atoms with Crippen molar-refractivity contribution in [2.45, 2.75) is 71.3 Å². The maximum atomic E-state index is 12.2. The molecule has 0 radical (unpaired) electrons. The number of halogens is 2. The zero-order valence-corrected chi connectivity index (χ0v) is 19.9. The minimum atomic E-state index is -2.81. The van der Waals surface area contributed by atoms with Crippen LogP contribution in [0.25, 0.3) is 23.5 Å². The molecule has 5 heteroatoms. The average molecular weight is 465 g/mol. The Balaban J connectivity index is 1.44. The summed E-state index contributed by atoms with van der Waals surface area (Å²) in [6.45, 7) is -0.557. The van der Waals surface area contributed by atoms with E-state index in [4.69, 9.17) is 0 Å². The minimum absolute atomic E-state index is 0.153. The number of ether oxygens (including phenoxy) is 1. The molecule has 0 fully saturated rings. The molecule has 0 amide bonds. The third-order valence-corrected chi connectivity index (χ3v) is 5.77. The predicted molar refractivity (Wildman–Crippen MR) is 136 cm³/mol. The van der Waals surface area contributed by atoms with E-state index in [1.165, 1.54) is 69.1 Å². The first-order valence-corrected chi connectivity index (χ1v) is 12.3. The Hall–Kier alpha value is -3.08. The number of benzene rings is 2. The number of alkyl halides is 2. The summed E-state index contributed by atoms with van der Waals surface area (Å²) in [5.74, 6) is 0.880. The van der Waals surface area contributed by atoms with Crippen LogP contribution in [-0.2, 0) is 6.42 Å². The topological polar surface area (TPSA) is 35.0 Å². The Morgan fingerprint density at radius 3 is 1.82 bits per heavy atom. The number of nitrogens with zero attached hydrogens (tertiary/aromatic N) is 2. The van der Waals surface area contributed by atoms with Gasteiger partial charge in [0.2, 0.25) is 0 Å². The van der Waals surface area contributed by atoms with Crippen LogP contribution in [0.15, 0.2) is 60.9 Å². The molecule has 3 aromatic rings. The highest BCUT2D eigenvalue weighted by atomic mass is 19.3. The number of hydrogen-bond donors (Lipinski definition) is 0. The highest BCUT2D eigenvalue weighted by Gasteiger charge is 2.04. The van der Waals surface area contributed by atoms with Crippen LogP contribution in [-0.4, -0.2) is 16.6 Å². The lowest BCUT2D eigenvalue weighted by atomic mass is 10.1. The lowest BCUT2D eigenvalue weighted by Gasteiger charge is -2.05. The van der Waals surface area contributed by atoms with Crippen molar-refractivity contribution < 1.29 is 13.5 Å². The Kier molecular flexibility index (Phi) is 10.7. The average Bonchev–Trinajstić information content (AvgIpc) is 2.86. The largest absolute Gasteiger partial charge is 0.435 e. The quantitative estimate of drug-likeness (QED) is 0.177. The monoisotopic (exact) mass is 464 g/mol. The summed E-state index contributed by atoms with van der Waals surface area (Å²) < 4.78 is 28.8. The molecular formula is C29H34F2N2O. The summed E-state index contributed by atoms with van der Waals surface area (Å²) in [6, 6.07) is 14.6. The Labute approximate surface area is 201 Å². The summed E-state index contributed by atoms with van der Waals surface area (Å²) in [4.78, 5) is 9.11. The Morgan fingerprint density at radius 2 is 1.26 bits per heavy atom. The molecule has 34 heavy (non-hydrogen) atoms. The molecule has 0 N–H and O–H groups in total. The van der Waals surface area contributed by atoms with Crippen molar-refractivity contribution in [1.82, 2.24) is 9.97 Å². The number of aromatic nitrogens is 2. The molecule has 180 valence electrons. The van der Waals surface area contributed by atoms with E-state index < -0.39 is 6.61 Å². The Bertz CT molecular complexity index is 984. The van der Waals surface area contributed by atoms with Gasteiger partial charge in [0.15, 0.2) is 5.82 Å². The fraction of sp³-hybridized carbons (Fsp3) is 0.379. The zero-order chi connectivity index (χ0) is 24.0. The molecule has 1 aromatic heterocycles. The molecule has 0 aliphatic heterocycles. The number of unbranched alkanes of at least 4 members (excludes halogenated alkanes) is 7. The van der Waals surface area contributed by atoms with Gasteiger partial charge in [0.1, 0.15) is 5.75 Å². The minimum Gasteiger partial charge on any atom is -0.435 e. The van der Waals surface area contributed by atoms with E-state index in [2.05, 4.69) is 21.6 Å². The predicted octanol–water partition coefficient (Wildman–Crippen LogP) is 8.60. The van der Waals surface area contributed by atoms with Gasteiger partial charge in [-0.1, -0.05) is 100 Å². The maximum absolute atomic E-state index is 12.2. The second-order valence-corrected chi connectivity index (χ2v) is 8.54. The van der Waals surface area contributed by atoms with Crippen LogP contribution < -0.4 is 4.74 Å². The van der Waals surface area contributed by atoms with Gasteiger partial charge in [0.05, 0.1) is 0 Å². The number of hydrogen-bond acceptors (Lipinski definition) is 3. The van der Waals surface area contributed by atoms with Gasteiger partial charge in [-0.15, -0.1) is 0 Å². The molecule has 0 unspecified atom stereocenters. The summed E-state index contributed by atoms with van der Waals surface area (Å²) >= 11 is 0. The summed E-state index contributed by atoms with van der Waals surface area (Å²) in [5, 5.41) is 0. The Morgan fingerprint density at radius 1 is 0.735 bits per heavy atom. The smallest absolute Gasteiger partial charge is 0.387 e. The van der Waals surface area contributed by atoms with Gasteiger partial charge in [-0.25, -0.2) is 9.97 Å². The van der Waals surface area contributed by atoms with Crippen molar-refractivity contribution in [1.29, 1.82) is 0 Å². The molecule has 0 bridgehead atoms. The van der Waals surface area contributed by atoms with E-state index in [0.717, 1.165) is 28.9 Å². The first-order chi connectivity index (χ1) is 16.6. The van der Waals surface area contributed by atoms with Crippen LogP contribution in [0.1, 0.15) is 75.0 Å². The standard InChI is InChI=1S/C29H34F2N2O/c1-2-3-4-5-6-7-8-9-10-25-21-32-28(33-22-25)26-17-13-23(14-18-26)11-12-24-15-19-27(20-16-24)34-29(30)31/h11-22,29H,2-10H2,1H3. The van der Waals surface area contributed by atoms with Gasteiger partial charge in [0.25, 0.3) is 0 Å². The molecule has 0 spiro atoms. The van der Waals surface area contributed by atoms with Crippen LogP contribution >= 0.6 is 0 Å². The highest BCUT2D eigenvalue weighted by Crippen LogP contribution is 2.19. The fourth-order valence-corrected chi connectivity index (χ4v) is 3.79. The van der Waals surface area contributed by atoms with Gasteiger partial charge >= 0.3 is 6.61 Å². The summed E-state index contributed by atoms with van der Waals surface area (Å²) in [6.07, 6.45) is 19.4. The van der Waals surface area contributed by atoms with Gasteiger partial charge in [0, 0.05) is 18.0 Å². The lowest BCUT2D eigenvalue weighted by Crippen LogP contribution is -2.01. The van der Waals surface area contributed by atoms with Gasteiger partial charge in [-0.3, -0.25) is 0 Å². The van der Waals surface area contributed by atoms with E-state index in [0.29, 0.717) is 0 Å². The van der Waals surface area contributed by atoms with Crippen molar-refractivity contribution >= 4 is 12.2 Å². The van der Waals surface area contributed by atoms with Gasteiger partial charge < -0.3 is 4.74 Å². The first-order valence-electron chi connectivity index (χ1n) is 12.3. The van der Waals surface area contributed by atoms with Crippen molar-refractivity contribution in [3.63, 3.8) is 0 Å². The second-order valence-electron chi connectivity index (χ2n) is 8.54. The molecule has 1 heterocycles. The third kappa shape index (κ3) is 9.05. The highest BCUT2D eigenvalue weighted by molar-refractivity contribution is 5.71. The molecule has 0 atom stereocenters. The molecular weight excluding hydrogens is 430 g/mol. The van der Waals surface area contributed by atoms with Crippen molar-refractivity contribution in [3.05, 3.63) is 77.6 Å². The van der Waals surface area contributed by atoms with E-state index in [-0.39, 0.29) is 5.75 Å². The van der Waals surface area contributed by atoms with Crippen LogP contribution in [0.4, 0.5) is 8.78 Å². The molecule has 0 saturated carbocycles. The maximum Gasteiger partial charge on any atom is 0.387 e. The van der Waals surface area contributed by atoms with E-state index in [9.17, 15) is 8.78 Å². The van der Waals surface area contributed by atoms with E-state index in [1.54, 1.807) is 12.1 Å². The van der Waals surface area contributed by atoms with Crippen molar-refractivity contribution in [2.24, 2.45) is 0 Å². The van der Waals surface area contributed by atoms with E-state index in [1.807, 2.05) is 48.8 Å². The second kappa shape index (κ2) is 14.2. The summed E-state index contributed by atoms with van der Waals surface area (Å²) in [5.41, 5.74) is 4.10. The number of aryl methyl sites for hydroxylation is 1. The van der Waals surface area contributed by atoms with Gasteiger partial charge in [-0.05, 0) is 41.7 Å². The normalized spacial score (nSPS) is 11.4. The van der Waals surface area contributed by atoms with Gasteiger partial charge in [-0.2, -0.15) is 8.78 Å². The van der Waals surface area contributed by atoms with Crippen molar-refractivity contribution in [3.8, 4) is 17.1 Å². The number of rotatable bonds is 14. The van der Waals surface area contributed by atoms with Crippen molar-refractivity contribution in [2.75, 3.05) is 0 Å². The molecule has 0 aliphatic carbocycles. The van der Waals surface area contributed by atoms with E-state index >= 15 is 0 Å². The molecule has 3 rings (SSSR count). The fourth-order valence-electron chi connectivity index (χ4n) is 3.79. The van der Waals surface area contributed by atoms with Crippen LogP contribution in [0.3, 0.4) is 0 Å². The molecule has 0 aliphatic rings. The molecule has 3 nitrogen and oxygen atoms in total. The summed E-state index contributed by atoms with van der Waals surface area (Å²) in [7, 11) is 0. The van der Waals surface area contributed by atoms with Crippen LogP contribution in [0.2, 0.25) is 0 Å². The third-order valence-electron chi connectivity index (χ3n) is 5.77. The SMILES string of the molecule is CCCCCCCCCCc1cnc(-c2ccc(C=Cc3ccc(OC(F)F)cc3)cc2)nc1. The lowest BCUT2D eigenvalue weighted by molar-refractivity contribution is -0.0498. The zero-order valence-electron chi connectivity index (χ0n) is 19.9. The van der Waals surface area contributed by atoms with Crippen LogP contribution in [0.5, 0.6) is 5.75 Å².